The van der Waals surface area contributed by atoms with Gasteiger partial charge in [-0.1, -0.05) is 18.6 Å². The van der Waals surface area contributed by atoms with Crippen LogP contribution in [0.25, 0.3) is 0 Å². The maximum Gasteiger partial charge on any atom is 0.0364 e. The Bertz CT molecular complexity index is 314. The van der Waals surface area contributed by atoms with Gasteiger partial charge in [-0.2, -0.15) is 0 Å². The fourth-order valence-electron chi connectivity index (χ4n) is 2.15. The minimum Gasteiger partial charge on any atom is -0.373 e. The average Bonchev–Trinajstić information content (AvgIpc) is 2.24. The third-order valence-corrected chi connectivity index (χ3v) is 3.61. The zero-order chi connectivity index (χ0) is 11.4. The molecule has 0 bridgehead atoms. The molecule has 1 saturated carbocycles. The molecule has 1 aliphatic carbocycles. The van der Waals surface area contributed by atoms with Crippen molar-refractivity contribution in [1.29, 1.82) is 0 Å². The fraction of sp³-hybridized carbons (Fsp3) is 0.571. The molecule has 0 saturated heterocycles. The first-order valence-electron chi connectivity index (χ1n) is 6.27. The van der Waals surface area contributed by atoms with Crippen LogP contribution in [0.1, 0.15) is 30.7 Å². The molecule has 0 unspecified atom stereocenters. The summed E-state index contributed by atoms with van der Waals surface area (Å²) in [6.07, 6.45) is 4.18. The van der Waals surface area contributed by atoms with E-state index in [9.17, 15) is 0 Å². The lowest BCUT2D eigenvalue weighted by atomic mass is 9.80. The molecule has 1 aliphatic rings. The summed E-state index contributed by atoms with van der Waals surface area (Å²) in [5.41, 5.74) is 2.84. The molecule has 0 aliphatic heterocycles. The Morgan fingerprint density at radius 2 is 1.94 bits per heavy atom. The number of hydrogen-bond acceptors (Lipinski definition) is 2. The number of benzene rings is 1. The minimum atomic E-state index is 0.844. The first-order chi connectivity index (χ1) is 7.81. The summed E-state index contributed by atoms with van der Waals surface area (Å²) in [6, 6.07) is 9.11. The second kappa shape index (κ2) is 5.35. The molecule has 1 aromatic carbocycles. The van der Waals surface area contributed by atoms with Crippen LogP contribution in [0.3, 0.4) is 0 Å². The quantitative estimate of drug-likeness (QED) is 0.817. The largest absolute Gasteiger partial charge is 0.373 e. The number of anilines is 1. The zero-order valence-corrected chi connectivity index (χ0v) is 10.4. The predicted octanol–water partition coefficient (Wildman–Crippen LogP) is 2.61. The smallest absolute Gasteiger partial charge is 0.0364 e. The molecule has 2 nitrogen and oxygen atoms in total. The monoisotopic (exact) mass is 218 g/mol. The standard InChI is InChI=1S/C14H22N2/c1-15-10-11-16(2)14-8-6-13(7-9-14)12-4-3-5-12/h6-9,12,15H,3-5,10-11H2,1-2H3. The van der Waals surface area contributed by atoms with Crippen LogP contribution in [0.15, 0.2) is 24.3 Å². The van der Waals surface area contributed by atoms with Crippen LogP contribution in [0, 0.1) is 0 Å². The molecule has 0 radical (unpaired) electrons. The molecular formula is C14H22N2. The normalized spacial score (nSPS) is 15.9. The molecule has 0 aromatic heterocycles. The van der Waals surface area contributed by atoms with E-state index < -0.39 is 0 Å². The van der Waals surface area contributed by atoms with E-state index in [0.29, 0.717) is 0 Å². The van der Waals surface area contributed by atoms with Crippen molar-refractivity contribution in [3.63, 3.8) is 0 Å². The zero-order valence-electron chi connectivity index (χ0n) is 10.4. The van der Waals surface area contributed by atoms with Gasteiger partial charge in [0.05, 0.1) is 0 Å². The highest BCUT2D eigenvalue weighted by atomic mass is 15.1. The molecule has 0 heterocycles. The van der Waals surface area contributed by atoms with E-state index in [2.05, 4.69) is 41.5 Å². The van der Waals surface area contributed by atoms with Crippen molar-refractivity contribution in [2.24, 2.45) is 0 Å². The van der Waals surface area contributed by atoms with Crippen LogP contribution < -0.4 is 10.2 Å². The van der Waals surface area contributed by atoms with Crippen molar-refractivity contribution in [3.8, 4) is 0 Å². The van der Waals surface area contributed by atoms with E-state index in [1.165, 1.54) is 30.5 Å². The van der Waals surface area contributed by atoms with Crippen molar-refractivity contribution >= 4 is 5.69 Å². The Labute approximate surface area is 98.7 Å². The lowest BCUT2D eigenvalue weighted by Crippen LogP contribution is -2.27. The third-order valence-electron chi connectivity index (χ3n) is 3.61. The van der Waals surface area contributed by atoms with Crippen molar-refractivity contribution in [2.45, 2.75) is 25.2 Å². The summed E-state index contributed by atoms with van der Waals surface area (Å²) in [5.74, 6) is 0.844. The fourth-order valence-corrected chi connectivity index (χ4v) is 2.15. The number of likely N-dealkylation sites (N-methyl/N-ethyl adjacent to an activating group) is 2. The maximum absolute atomic E-state index is 3.17. The van der Waals surface area contributed by atoms with Gasteiger partial charge in [0.2, 0.25) is 0 Å². The Hall–Kier alpha value is -1.02. The second-order valence-corrected chi connectivity index (χ2v) is 4.74. The molecule has 2 rings (SSSR count). The molecule has 0 atom stereocenters. The molecule has 1 aromatic rings. The van der Waals surface area contributed by atoms with Crippen molar-refractivity contribution in [2.75, 3.05) is 32.1 Å². The van der Waals surface area contributed by atoms with Crippen molar-refractivity contribution in [1.82, 2.24) is 5.32 Å². The van der Waals surface area contributed by atoms with Gasteiger partial charge >= 0.3 is 0 Å². The van der Waals surface area contributed by atoms with Gasteiger partial charge in [-0.3, -0.25) is 0 Å². The van der Waals surface area contributed by atoms with Gasteiger partial charge in [0.1, 0.15) is 0 Å². The van der Waals surface area contributed by atoms with E-state index in [0.717, 1.165) is 19.0 Å². The molecule has 2 heteroatoms. The Kier molecular flexibility index (Phi) is 3.83. The Morgan fingerprint density at radius 1 is 1.25 bits per heavy atom. The number of nitrogens with one attached hydrogen (secondary N) is 1. The van der Waals surface area contributed by atoms with E-state index in [1.807, 2.05) is 7.05 Å². The Morgan fingerprint density at radius 3 is 2.44 bits per heavy atom. The van der Waals surface area contributed by atoms with E-state index in [1.54, 1.807) is 0 Å². The summed E-state index contributed by atoms with van der Waals surface area (Å²) in [7, 11) is 4.14. The van der Waals surface area contributed by atoms with Gasteiger partial charge in [-0.05, 0) is 43.5 Å². The summed E-state index contributed by atoms with van der Waals surface area (Å²) in [6.45, 7) is 2.08. The minimum absolute atomic E-state index is 0.844. The Balaban J connectivity index is 1.95. The summed E-state index contributed by atoms with van der Waals surface area (Å²) in [5, 5.41) is 3.17. The van der Waals surface area contributed by atoms with Crippen LogP contribution in [-0.2, 0) is 0 Å². The van der Waals surface area contributed by atoms with Crippen LogP contribution >= 0.6 is 0 Å². The number of nitrogens with zero attached hydrogens (tertiary/aromatic N) is 1. The molecule has 88 valence electrons. The highest BCUT2D eigenvalue weighted by Crippen LogP contribution is 2.36. The average molecular weight is 218 g/mol. The van der Waals surface area contributed by atoms with Crippen molar-refractivity contribution in [3.05, 3.63) is 29.8 Å². The van der Waals surface area contributed by atoms with E-state index >= 15 is 0 Å². The van der Waals surface area contributed by atoms with Crippen molar-refractivity contribution < 1.29 is 0 Å². The molecule has 16 heavy (non-hydrogen) atoms. The maximum atomic E-state index is 3.17. The SMILES string of the molecule is CNCCN(C)c1ccc(C2CCC2)cc1. The second-order valence-electron chi connectivity index (χ2n) is 4.74. The van der Waals surface area contributed by atoms with Crippen LogP contribution in [0.4, 0.5) is 5.69 Å². The third kappa shape index (κ3) is 2.56. The number of hydrogen-bond donors (Lipinski definition) is 1. The molecule has 0 amide bonds. The summed E-state index contributed by atoms with van der Waals surface area (Å²) >= 11 is 0. The lowest BCUT2D eigenvalue weighted by Gasteiger charge is -2.26. The predicted molar refractivity (Wildman–Crippen MR) is 70.2 cm³/mol. The first kappa shape index (κ1) is 11.5. The van der Waals surface area contributed by atoms with Gasteiger partial charge < -0.3 is 10.2 Å². The van der Waals surface area contributed by atoms with E-state index in [4.69, 9.17) is 0 Å². The molecular weight excluding hydrogens is 196 g/mol. The highest BCUT2D eigenvalue weighted by Gasteiger charge is 2.18. The summed E-state index contributed by atoms with van der Waals surface area (Å²) < 4.78 is 0. The molecule has 0 spiro atoms. The lowest BCUT2D eigenvalue weighted by molar-refractivity contribution is 0.420. The molecule has 1 N–H and O–H groups in total. The topological polar surface area (TPSA) is 15.3 Å². The van der Waals surface area contributed by atoms with Gasteiger partial charge in [-0.15, -0.1) is 0 Å². The summed E-state index contributed by atoms with van der Waals surface area (Å²) in [4.78, 5) is 2.29. The highest BCUT2D eigenvalue weighted by molar-refractivity contribution is 5.47. The van der Waals surface area contributed by atoms with Gasteiger partial charge in [0.25, 0.3) is 0 Å². The van der Waals surface area contributed by atoms with Crippen LogP contribution in [0.2, 0.25) is 0 Å². The molecule has 1 fully saturated rings. The van der Waals surface area contributed by atoms with Gasteiger partial charge in [0, 0.05) is 25.8 Å². The van der Waals surface area contributed by atoms with Gasteiger partial charge in [0.15, 0.2) is 0 Å². The first-order valence-corrected chi connectivity index (χ1v) is 6.27. The van der Waals surface area contributed by atoms with Gasteiger partial charge in [-0.25, -0.2) is 0 Å². The number of rotatable bonds is 5. The van der Waals surface area contributed by atoms with Crippen LogP contribution in [0.5, 0.6) is 0 Å². The van der Waals surface area contributed by atoms with Crippen LogP contribution in [-0.4, -0.2) is 27.2 Å². The van der Waals surface area contributed by atoms with E-state index in [-0.39, 0.29) is 0 Å².